The molecule has 0 bridgehead atoms. The zero-order valence-corrected chi connectivity index (χ0v) is 13.1. The predicted molar refractivity (Wildman–Crippen MR) is 78.7 cm³/mol. The summed E-state index contributed by atoms with van der Waals surface area (Å²) >= 11 is 0. The highest BCUT2D eigenvalue weighted by molar-refractivity contribution is 5.85. The first-order valence-corrected chi connectivity index (χ1v) is 8.28. The molecule has 3 atom stereocenters. The smallest absolute Gasteiger partial charge is 0.306 e. The Morgan fingerprint density at radius 2 is 1.73 bits per heavy atom. The summed E-state index contributed by atoms with van der Waals surface area (Å²) < 4.78 is 4.76. The van der Waals surface area contributed by atoms with Gasteiger partial charge in [-0.3, -0.25) is 24.3 Å². The van der Waals surface area contributed by atoms with Crippen molar-refractivity contribution in [3.05, 3.63) is 0 Å². The number of piperazine rings is 2. The van der Waals surface area contributed by atoms with Crippen molar-refractivity contribution in [2.24, 2.45) is 5.92 Å². The second-order valence-electron chi connectivity index (χ2n) is 6.76. The van der Waals surface area contributed by atoms with E-state index >= 15 is 0 Å². The highest BCUT2D eigenvalue weighted by Crippen LogP contribution is 2.34. The number of nitrogens with zero attached hydrogens (tertiary/aromatic N) is 4. The fourth-order valence-electron chi connectivity index (χ4n) is 4.61. The number of carbonyl (C=O) groups excluding carboxylic acids is 2. The van der Waals surface area contributed by atoms with Crippen molar-refractivity contribution in [2.45, 2.75) is 25.2 Å². The van der Waals surface area contributed by atoms with E-state index in [1.54, 1.807) is 0 Å². The van der Waals surface area contributed by atoms with Crippen LogP contribution >= 0.6 is 0 Å². The van der Waals surface area contributed by atoms with E-state index in [-0.39, 0.29) is 30.4 Å². The van der Waals surface area contributed by atoms with Crippen LogP contribution in [0, 0.1) is 5.92 Å². The molecule has 7 heteroatoms. The lowest BCUT2D eigenvalue weighted by Crippen LogP contribution is -2.79. The van der Waals surface area contributed by atoms with Crippen molar-refractivity contribution in [3.8, 4) is 0 Å². The molecule has 4 fully saturated rings. The van der Waals surface area contributed by atoms with Crippen LogP contribution in [0.5, 0.6) is 0 Å². The van der Waals surface area contributed by atoms with E-state index in [9.17, 15) is 9.59 Å². The van der Waals surface area contributed by atoms with Gasteiger partial charge in [-0.15, -0.1) is 0 Å². The Morgan fingerprint density at radius 1 is 1.05 bits per heavy atom. The third-order valence-corrected chi connectivity index (χ3v) is 5.63. The number of hydrogen-bond acceptors (Lipinski definition) is 6. The molecule has 0 saturated carbocycles. The van der Waals surface area contributed by atoms with Gasteiger partial charge in [0.05, 0.1) is 25.6 Å². The van der Waals surface area contributed by atoms with E-state index in [1.165, 1.54) is 13.5 Å². The number of rotatable bonds is 2. The molecule has 4 heterocycles. The van der Waals surface area contributed by atoms with Gasteiger partial charge >= 0.3 is 5.97 Å². The molecule has 22 heavy (non-hydrogen) atoms. The van der Waals surface area contributed by atoms with Gasteiger partial charge in [-0.2, -0.15) is 0 Å². The molecule has 4 aliphatic rings. The van der Waals surface area contributed by atoms with Crippen molar-refractivity contribution in [1.29, 1.82) is 0 Å². The molecule has 122 valence electrons. The molecule has 0 radical (unpaired) electrons. The Bertz CT molecular complexity index is 479. The van der Waals surface area contributed by atoms with Crippen LogP contribution < -0.4 is 0 Å². The first-order valence-electron chi connectivity index (χ1n) is 8.28. The first-order chi connectivity index (χ1) is 10.7. The van der Waals surface area contributed by atoms with Gasteiger partial charge in [0.15, 0.2) is 0 Å². The van der Waals surface area contributed by atoms with Gasteiger partial charge < -0.3 is 9.64 Å². The lowest BCUT2D eigenvalue weighted by molar-refractivity contribution is -0.199. The fraction of sp³-hybridized carbons (Fsp3) is 0.867. The molecule has 4 saturated heterocycles. The minimum absolute atomic E-state index is 0.138. The van der Waals surface area contributed by atoms with E-state index in [0.29, 0.717) is 12.7 Å². The van der Waals surface area contributed by atoms with Crippen molar-refractivity contribution < 1.29 is 14.3 Å². The van der Waals surface area contributed by atoms with Gasteiger partial charge in [-0.25, -0.2) is 0 Å². The maximum Gasteiger partial charge on any atom is 0.306 e. The molecule has 4 aliphatic heterocycles. The van der Waals surface area contributed by atoms with Crippen LogP contribution in [0.15, 0.2) is 0 Å². The van der Waals surface area contributed by atoms with Crippen LogP contribution in [0.25, 0.3) is 0 Å². The molecular weight excluding hydrogens is 284 g/mol. The topological polar surface area (TPSA) is 56.3 Å². The van der Waals surface area contributed by atoms with Crippen LogP contribution in [0.2, 0.25) is 0 Å². The van der Waals surface area contributed by atoms with Crippen molar-refractivity contribution in [1.82, 2.24) is 19.6 Å². The van der Waals surface area contributed by atoms with Gasteiger partial charge in [-0.1, -0.05) is 0 Å². The summed E-state index contributed by atoms with van der Waals surface area (Å²) in [5.41, 5.74) is 0. The van der Waals surface area contributed by atoms with Crippen LogP contribution in [0.4, 0.5) is 0 Å². The van der Waals surface area contributed by atoms with Crippen LogP contribution in [0.3, 0.4) is 0 Å². The quantitative estimate of drug-likeness (QED) is 0.610. The highest BCUT2D eigenvalue weighted by Gasteiger charge is 2.52. The molecule has 0 aromatic heterocycles. The maximum atomic E-state index is 12.8. The Labute approximate surface area is 130 Å². The average Bonchev–Trinajstić information content (AvgIpc) is 2.55. The molecule has 0 aliphatic carbocycles. The molecular formula is C15H24N4O3. The Morgan fingerprint density at radius 3 is 2.45 bits per heavy atom. The third-order valence-electron chi connectivity index (χ3n) is 5.63. The lowest BCUT2D eigenvalue weighted by atomic mass is 9.93. The second-order valence-corrected chi connectivity index (χ2v) is 6.76. The first kappa shape index (κ1) is 14.4. The van der Waals surface area contributed by atoms with Crippen LogP contribution in [-0.2, 0) is 14.3 Å². The van der Waals surface area contributed by atoms with Gasteiger partial charge in [0, 0.05) is 45.8 Å². The van der Waals surface area contributed by atoms with Gasteiger partial charge in [0.2, 0.25) is 5.91 Å². The summed E-state index contributed by atoms with van der Waals surface area (Å²) in [5, 5.41) is 0. The fourth-order valence-corrected chi connectivity index (χ4v) is 4.61. The van der Waals surface area contributed by atoms with Crippen molar-refractivity contribution in [3.63, 3.8) is 0 Å². The van der Waals surface area contributed by atoms with Crippen LogP contribution in [0.1, 0.15) is 12.8 Å². The number of methoxy groups -OCH3 is 1. The van der Waals surface area contributed by atoms with Crippen molar-refractivity contribution >= 4 is 11.9 Å². The standard InChI is InChI=1S/C15H24N4O3/c1-22-12(20)9-11-10-18-6-5-16-3-2-4-17-7-8-19(15(11)21)14(18)13(16)17/h11,13-14H,2-10H2,1H3. The molecule has 0 aromatic carbocycles. The number of amides is 1. The average molecular weight is 308 g/mol. The normalized spacial score (nSPS) is 36.1. The Kier molecular flexibility index (Phi) is 3.58. The summed E-state index contributed by atoms with van der Waals surface area (Å²) in [6, 6.07) is 0. The zero-order valence-electron chi connectivity index (χ0n) is 13.1. The Hall–Kier alpha value is -1.18. The molecule has 0 spiro atoms. The van der Waals surface area contributed by atoms with E-state index in [1.807, 2.05) is 4.90 Å². The number of esters is 1. The number of carbonyl (C=O) groups is 2. The van der Waals surface area contributed by atoms with E-state index in [4.69, 9.17) is 4.74 Å². The lowest BCUT2D eigenvalue weighted by Gasteiger charge is -2.62. The van der Waals surface area contributed by atoms with Gasteiger partial charge in [-0.05, 0) is 6.42 Å². The molecule has 3 unspecified atom stereocenters. The SMILES string of the molecule is COC(=O)CC1CN2CCN3CCCN4CCN(C1=O)C2C34. The van der Waals surface area contributed by atoms with E-state index in [2.05, 4.69) is 14.7 Å². The molecule has 0 N–H and O–H groups in total. The second kappa shape index (κ2) is 5.47. The number of ether oxygens (including phenoxy) is 1. The molecule has 1 amide bonds. The summed E-state index contributed by atoms with van der Waals surface area (Å²) in [5.74, 6) is -0.393. The summed E-state index contributed by atoms with van der Waals surface area (Å²) in [7, 11) is 1.39. The molecule has 0 aromatic rings. The molecule has 7 nitrogen and oxygen atoms in total. The van der Waals surface area contributed by atoms with Gasteiger partial charge in [0.1, 0.15) is 6.17 Å². The summed E-state index contributed by atoms with van der Waals surface area (Å²) in [6.07, 6.45) is 1.94. The minimum atomic E-state index is -0.285. The van der Waals surface area contributed by atoms with Crippen molar-refractivity contribution in [2.75, 3.05) is 52.9 Å². The zero-order chi connectivity index (χ0) is 15.3. The van der Waals surface area contributed by atoms with E-state index < -0.39 is 0 Å². The Balaban J connectivity index is 1.58. The van der Waals surface area contributed by atoms with E-state index in [0.717, 1.165) is 39.3 Å². The summed E-state index contributed by atoms with van der Waals surface area (Å²) in [6.45, 7) is 6.73. The largest absolute Gasteiger partial charge is 0.469 e. The highest BCUT2D eigenvalue weighted by atomic mass is 16.5. The minimum Gasteiger partial charge on any atom is -0.469 e. The predicted octanol–water partition coefficient (Wildman–Crippen LogP) is -1.00. The molecule has 4 rings (SSSR count). The maximum absolute atomic E-state index is 12.8. The third kappa shape index (κ3) is 2.14. The van der Waals surface area contributed by atoms with Crippen LogP contribution in [-0.4, -0.2) is 96.7 Å². The summed E-state index contributed by atoms with van der Waals surface area (Å²) in [4.78, 5) is 33.9. The van der Waals surface area contributed by atoms with Gasteiger partial charge in [0.25, 0.3) is 0 Å². The number of hydrogen-bond donors (Lipinski definition) is 0. The monoisotopic (exact) mass is 308 g/mol.